The molecular weight excluding hydrogens is 174 g/mol. The van der Waals surface area contributed by atoms with E-state index in [4.69, 9.17) is 0 Å². The van der Waals surface area contributed by atoms with Crippen LogP contribution in [0.15, 0.2) is 0 Å². The quantitative estimate of drug-likeness (QED) is 0.294. The molecule has 7 heteroatoms. The molecule has 0 unspecified atom stereocenters. The fourth-order valence-corrected chi connectivity index (χ4v) is 0.431. The monoisotopic (exact) mass is 187 g/mol. The third kappa shape index (κ3) is 12.9. The topological polar surface area (TPSA) is 112 Å². The second-order valence-electron chi connectivity index (χ2n) is 2.67. The molecule has 0 aliphatic rings. The standard InChI is InChI=1S/C4H10O5S.H3N/c1-4(2,3)8-9-10(5,6)7;/h1-3H3,(H,5,6,7);1H3. The molecule has 4 N–H and O–H groups in total. The molecular formula is C4H13NO5S. The summed E-state index contributed by atoms with van der Waals surface area (Å²) in [5, 5.41) is 0. The average molecular weight is 187 g/mol. The predicted molar refractivity (Wildman–Crippen MR) is 37.6 cm³/mol. The Balaban J connectivity index is 0. The molecule has 0 amide bonds. The zero-order chi connectivity index (χ0) is 8.41. The molecule has 0 radical (unpaired) electrons. The fraction of sp³-hybridized carbons (Fsp3) is 1.00. The summed E-state index contributed by atoms with van der Waals surface area (Å²) in [5.74, 6) is 0. The average Bonchev–Trinajstić information content (AvgIpc) is 1.57. The van der Waals surface area contributed by atoms with E-state index in [0.29, 0.717) is 0 Å². The number of hydrogen-bond acceptors (Lipinski definition) is 5. The first kappa shape index (κ1) is 13.4. The summed E-state index contributed by atoms with van der Waals surface area (Å²) in [6.07, 6.45) is 0. The zero-order valence-electron chi connectivity index (χ0n) is 6.95. The molecule has 6 nitrogen and oxygen atoms in total. The van der Waals surface area contributed by atoms with Gasteiger partial charge in [0, 0.05) is 0 Å². The van der Waals surface area contributed by atoms with Gasteiger partial charge in [-0.3, -0.25) is 0 Å². The van der Waals surface area contributed by atoms with Gasteiger partial charge in [-0.2, -0.15) is 0 Å². The summed E-state index contributed by atoms with van der Waals surface area (Å²) in [6.45, 7) is 4.66. The Morgan fingerprint density at radius 1 is 1.27 bits per heavy atom. The van der Waals surface area contributed by atoms with Crippen molar-refractivity contribution in [3.8, 4) is 0 Å². The lowest BCUT2D eigenvalue weighted by Crippen LogP contribution is -2.21. The molecule has 0 aliphatic heterocycles. The van der Waals surface area contributed by atoms with E-state index in [9.17, 15) is 13.0 Å². The molecule has 0 fully saturated rings. The Kier molecular flexibility index (Phi) is 4.84. The van der Waals surface area contributed by atoms with E-state index in [0.717, 1.165) is 0 Å². The van der Waals surface area contributed by atoms with Crippen LogP contribution in [-0.2, 0) is 19.6 Å². The predicted octanol–water partition coefficient (Wildman–Crippen LogP) is 0.570. The highest BCUT2D eigenvalue weighted by atomic mass is 32.3. The SMILES string of the molecule is CC(C)(C)OOS(=O)(=O)[O-].[NH4+]. The van der Waals surface area contributed by atoms with Crippen molar-refractivity contribution in [1.29, 1.82) is 0 Å². The first-order valence-corrected chi connectivity index (χ1v) is 3.87. The van der Waals surface area contributed by atoms with Gasteiger partial charge in [0.05, 0.1) is 5.60 Å². The van der Waals surface area contributed by atoms with Crippen molar-refractivity contribution in [2.75, 3.05) is 0 Å². The van der Waals surface area contributed by atoms with E-state index in [1.54, 1.807) is 20.8 Å². The largest absolute Gasteiger partial charge is 0.724 e. The number of hydrogen-bond donors (Lipinski definition) is 1. The molecule has 0 aromatic heterocycles. The lowest BCUT2D eigenvalue weighted by molar-refractivity contribution is -0.275. The Labute approximate surface area is 66.0 Å². The van der Waals surface area contributed by atoms with Crippen LogP contribution in [0.4, 0.5) is 0 Å². The van der Waals surface area contributed by atoms with Crippen molar-refractivity contribution in [2.45, 2.75) is 26.4 Å². The van der Waals surface area contributed by atoms with Crippen LogP contribution >= 0.6 is 0 Å². The molecule has 0 spiro atoms. The highest BCUT2D eigenvalue weighted by Gasteiger charge is 2.13. The van der Waals surface area contributed by atoms with Gasteiger partial charge < -0.3 is 10.7 Å². The van der Waals surface area contributed by atoms with Gasteiger partial charge in [-0.05, 0) is 20.8 Å². The third-order valence-electron chi connectivity index (χ3n) is 0.367. The summed E-state index contributed by atoms with van der Waals surface area (Å²) in [6, 6.07) is 0. The molecule has 0 bridgehead atoms. The highest BCUT2D eigenvalue weighted by Crippen LogP contribution is 2.08. The van der Waals surface area contributed by atoms with Gasteiger partial charge >= 0.3 is 0 Å². The van der Waals surface area contributed by atoms with Crippen molar-refractivity contribution >= 4 is 10.4 Å². The van der Waals surface area contributed by atoms with Crippen molar-refractivity contribution < 1.29 is 22.2 Å². The van der Waals surface area contributed by atoms with Crippen LogP contribution in [0.2, 0.25) is 0 Å². The molecule has 70 valence electrons. The minimum atomic E-state index is -4.73. The van der Waals surface area contributed by atoms with Crippen LogP contribution in [0.5, 0.6) is 0 Å². The normalized spacial score (nSPS) is 12.4. The van der Waals surface area contributed by atoms with Crippen molar-refractivity contribution in [2.24, 2.45) is 0 Å². The zero-order valence-corrected chi connectivity index (χ0v) is 7.77. The summed E-state index contributed by atoms with van der Waals surface area (Å²) < 4.78 is 32.8. The smallest absolute Gasteiger partial charge is 0.245 e. The summed E-state index contributed by atoms with van der Waals surface area (Å²) in [7, 11) is -4.73. The van der Waals surface area contributed by atoms with E-state index in [2.05, 4.69) is 9.22 Å². The van der Waals surface area contributed by atoms with Crippen molar-refractivity contribution in [1.82, 2.24) is 6.15 Å². The maximum atomic E-state index is 9.78. The highest BCUT2D eigenvalue weighted by molar-refractivity contribution is 7.80. The summed E-state index contributed by atoms with van der Waals surface area (Å²) in [4.78, 5) is 4.19. The number of quaternary nitrogens is 1. The van der Waals surface area contributed by atoms with Crippen LogP contribution < -0.4 is 6.15 Å². The summed E-state index contributed by atoms with van der Waals surface area (Å²) in [5.41, 5.74) is -0.794. The molecule has 0 atom stereocenters. The van der Waals surface area contributed by atoms with Crippen LogP contribution in [0.3, 0.4) is 0 Å². The Bertz CT molecular complexity index is 191. The van der Waals surface area contributed by atoms with Crippen molar-refractivity contribution in [3.63, 3.8) is 0 Å². The molecule has 0 saturated heterocycles. The van der Waals surface area contributed by atoms with Crippen molar-refractivity contribution in [3.05, 3.63) is 0 Å². The van der Waals surface area contributed by atoms with E-state index >= 15 is 0 Å². The molecule has 0 aromatic rings. The Morgan fingerprint density at radius 2 is 1.64 bits per heavy atom. The molecule has 0 saturated carbocycles. The molecule has 0 aromatic carbocycles. The molecule has 11 heavy (non-hydrogen) atoms. The lowest BCUT2D eigenvalue weighted by Gasteiger charge is -2.17. The van der Waals surface area contributed by atoms with Gasteiger partial charge in [0.15, 0.2) is 0 Å². The van der Waals surface area contributed by atoms with E-state index in [1.165, 1.54) is 0 Å². The van der Waals surface area contributed by atoms with Gasteiger partial charge in [-0.25, -0.2) is 13.3 Å². The maximum absolute atomic E-state index is 9.78. The summed E-state index contributed by atoms with van der Waals surface area (Å²) >= 11 is 0. The lowest BCUT2D eigenvalue weighted by atomic mass is 10.2. The van der Waals surface area contributed by atoms with Crippen LogP contribution in [0, 0.1) is 0 Å². The van der Waals surface area contributed by atoms with E-state index < -0.39 is 16.0 Å². The van der Waals surface area contributed by atoms with Gasteiger partial charge in [-0.1, -0.05) is 0 Å². The van der Waals surface area contributed by atoms with Crippen LogP contribution in [-0.4, -0.2) is 18.6 Å². The first-order valence-electron chi connectivity index (χ1n) is 2.54. The Morgan fingerprint density at radius 3 is 1.73 bits per heavy atom. The van der Waals surface area contributed by atoms with Gasteiger partial charge in [-0.15, -0.1) is 4.33 Å². The third-order valence-corrected chi connectivity index (χ3v) is 0.602. The Hall–Kier alpha value is -0.210. The molecule has 0 rings (SSSR count). The maximum Gasteiger partial charge on any atom is 0.245 e. The second kappa shape index (κ2) is 3.98. The minimum absolute atomic E-state index is 0. The van der Waals surface area contributed by atoms with Gasteiger partial charge in [0.2, 0.25) is 10.4 Å². The minimum Gasteiger partial charge on any atom is -0.724 e. The molecule has 0 aliphatic carbocycles. The molecule has 0 heterocycles. The first-order chi connectivity index (χ1) is 4.21. The van der Waals surface area contributed by atoms with Gasteiger partial charge in [0.25, 0.3) is 0 Å². The van der Waals surface area contributed by atoms with Gasteiger partial charge in [0.1, 0.15) is 0 Å². The van der Waals surface area contributed by atoms with E-state index in [1.807, 2.05) is 0 Å². The fourth-order valence-electron chi connectivity index (χ4n) is 0.144. The van der Waals surface area contributed by atoms with E-state index in [-0.39, 0.29) is 6.15 Å². The number of rotatable bonds is 2. The van der Waals surface area contributed by atoms with Crippen LogP contribution in [0.25, 0.3) is 0 Å². The van der Waals surface area contributed by atoms with Crippen LogP contribution in [0.1, 0.15) is 20.8 Å². The second-order valence-corrected chi connectivity index (χ2v) is 3.62.